The predicted molar refractivity (Wildman–Crippen MR) is 234 cm³/mol. The molecule has 0 bridgehead atoms. The first kappa shape index (κ1) is 50.4. The van der Waals surface area contributed by atoms with Crippen LogP contribution in [-0.2, 0) is 38.1 Å². The van der Waals surface area contributed by atoms with Crippen LogP contribution in [0.5, 0.6) is 0 Å². The fraction of sp³-hybridized carbons (Fsp3) is 0.673. The molecule has 0 heterocycles. The predicted octanol–water partition coefficient (Wildman–Crippen LogP) is 11.1. The highest BCUT2D eigenvalue weighted by Gasteiger charge is 2.24. The summed E-state index contributed by atoms with van der Waals surface area (Å²) >= 11 is 0. The molecule has 2 atom stereocenters. The Morgan fingerprint density at radius 3 is 1.34 bits per heavy atom. The Kier molecular flexibility index (Phi) is 26.4. The van der Waals surface area contributed by atoms with E-state index in [-0.39, 0.29) is 75.0 Å². The molecule has 58 heavy (non-hydrogen) atoms. The molecule has 0 fully saturated rings. The summed E-state index contributed by atoms with van der Waals surface area (Å²) in [6.07, 6.45) is 28.2. The van der Waals surface area contributed by atoms with Crippen LogP contribution in [0.4, 0.5) is 0 Å². The van der Waals surface area contributed by atoms with Crippen molar-refractivity contribution in [3.05, 3.63) is 69.9 Å². The van der Waals surface area contributed by atoms with E-state index in [1.807, 2.05) is 11.8 Å². The second-order valence-corrected chi connectivity index (χ2v) is 16.6. The average Bonchev–Trinajstić information content (AvgIpc) is 3.19. The SMILES string of the molecule is CCCN(CCC(=O)OCCOC(=O)C1CC=C(CC/C=C(\C)CCC=C(C)C)CC1)CCC(=O)OCCOC(=O)C1CC=C(CC/C=C(\C)CCC=C(C)C)CC1. The summed E-state index contributed by atoms with van der Waals surface area (Å²) in [4.78, 5) is 52.0. The van der Waals surface area contributed by atoms with Crippen molar-refractivity contribution < 1.29 is 38.1 Å². The Morgan fingerprint density at radius 1 is 0.569 bits per heavy atom. The highest BCUT2D eigenvalue weighted by atomic mass is 16.6. The lowest BCUT2D eigenvalue weighted by Gasteiger charge is -2.21. The topological polar surface area (TPSA) is 108 Å². The monoisotopic (exact) mass is 808 g/mol. The molecule has 0 spiro atoms. The lowest BCUT2D eigenvalue weighted by molar-refractivity contribution is -0.155. The normalized spacial score (nSPS) is 17.2. The van der Waals surface area contributed by atoms with E-state index in [1.165, 1.54) is 33.4 Å². The number of esters is 4. The van der Waals surface area contributed by atoms with Gasteiger partial charge in [-0.1, -0.05) is 76.8 Å². The Hall–Kier alpha value is -3.72. The van der Waals surface area contributed by atoms with E-state index in [9.17, 15) is 19.2 Å². The molecule has 9 heteroatoms. The minimum Gasteiger partial charge on any atom is -0.462 e. The van der Waals surface area contributed by atoms with Gasteiger partial charge in [-0.2, -0.15) is 0 Å². The van der Waals surface area contributed by atoms with Gasteiger partial charge in [0.15, 0.2) is 0 Å². The molecule has 0 saturated carbocycles. The number of hydrogen-bond donors (Lipinski definition) is 0. The van der Waals surface area contributed by atoms with Gasteiger partial charge in [0.1, 0.15) is 26.4 Å². The standard InChI is InChI=1S/C49H77NO8/c1-8-31-50(32-29-46(51)55-34-36-57-48(53)44-25-21-42(22-26-44)19-11-17-40(6)15-9-13-38(2)3)33-30-47(52)56-35-37-58-49(54)45-27-23-43(24-28-45)20-12-18-41(7)16-10-14-39(4)5/h13-14,17-18,21,23,44-45H,8-12,15-16,19-20,22,24-37H2,1-7H3/b40-17+,41-18+. The van der Waals surface area contributed by atoms with E-state index in [2.05, 4.69) is 78.0 Å². The highest BCUT2D eigenvalue weighted by molar-refractivity contribution is 5.73. The number of hydrogen-bond acceptors (Lipinski definition) is 9. The van der Waals surface area contributed by atoms with Gasteiger partial charge in [0.25, 0.3) is 0 Å². The summed E-state index contributed by atoms with van der Waals surface area (Å²) < 4.78 is 21.5. The van der Waals surface area contributed by atoms with Gasteiger partial charge >= 0.3 is 23.9 Å². The Labute approximate surface area is 351 Å². The van der Waals surface area contributed by atoms with E-state index < -0.39 is 0 Å². The molecular formula is C49H77NO8. The van der Waals surface area contributed by atoms with Gasteiger partial charge in [0.2, 0.25) is 0 Å². The maximum atomic E-state index is 12.6. The highest BCUT2D eigenvalue weighted by Crippen LogP contribution is 2.29. The molecule has 2 rings (SSSR count). The van der Waals surface area contributed by atoms with Gasteiger partial charge in [-0.15, -0.1) is 0 Å². The molecule has 326 valence electrons. The number of carbonyl (C=O) groups is 4. The molecule has 9 nitrogen and oxygen atoms in total. The van der Waals surface area contributed by atoms with Crippen LogP contribution in [0.15, 0.2) is 69.9 Å². The number of nitrogens with zero attached hydrogens (tertiary/aromatic N) is 1. The van der Waals surface area contributed by atoms with Crippen LogP contribution in [0.25, 0.3) is 0 Å². The quantitative estimate of drug-likeness (QED) is 0.0330. The van der Waals surface area contributed by atoms with Crippen molar-refractivity contribution in [2.75, 3.05) is 46.1 Å². The molecule has 2 unspecified atom stereocenters. The van der Waals surface area contributed by atoms with E-state index in [1.54, 1.807) is 0 Å². The van der Waals surface area contributed by atoms with Crippen molar-refractivity contribution in [1.82, 2.24) is 4.90 Å². The Balaban J connectivity index is 1.54. The van der Waals surface area contributed by atoms with E-state index >= 15 is 0 Å². The molecule has 0 N–H and O–H groups in total. The first-order chi connectivity index (χ1) is 27.9. The third kappa shape index (κ3) is 24.3. The molecule has 0 aromatic rings. The van der Waals surface area contributed by atoms with E-state index in [4.69, 9.17) is 18.9 Å². The van der Waals surface area contributed by atoms with Crippen LogP contribution in [-0.4, -0.2) is 74.8 Å². The van der Waals surface area contributed by atoms with Crippen LogP contribution in [0.3, 0.4) is 0 Å². The summed E-state index contributed by atoms with van der Waals surface area (Å²) in [5, 5.41) is 0. The molecule has 0 amide bonds. The third-order valence-electron chi connectivity index (χ3n) is 10.8. The minimum absolute atomic E-state index is 0.0238. The second kappa shape index (κ2) is 30.3. The summed E-state index contributed by atoms with van der Waals surface area (Å²) in [6, 6.07) is 0. The molecule has 0 aromatic heterocycles. The number of carbonyl (C=O) groups excluding carboxylic acids is 4. The first-order valence-electron chi connectivity index (χ1n) is 22.2. The number of allylic oxidation sites excluding steroid dienone is 12. The van der Waals surface area contributed by atoms with Crippen LogP contribution in [0, 0.1) is 11.8 Å². The lowest BCUT2D eigenvalue weighted by Crippen LogP contribution is -2.31. The molecule has 2 aliphatic rings. The van der Waals surface area contributed by atoms with Crippen molar-refractivity contribution in [1.29, 1.82) is 0 Å². The van der Waals surface area contributed by atoms with Gasteiger partial charge in [0.05, 0.1) is 24.7 Å². The molecular weight excluding hydrogens is 731 g/mol. The minimum atomic E-state index is -0.369. The van der Waals surface area contributed by atoms with E-state index in [0.717, 1.165) is 90.0 Å². The summed E-state index contributed by atoms with van der Waals surface area (Å²) in [7, 11) is 0. The van der Waals surface area contributed by atoms with Crippen molar-refractivity contribution in [2.45, 2.75) is 158 Å². The zero-order valence-corrected chi connectivity index (χ0v) is 37.3. The molecule has 0 saturated heterocycles. The van der Waals surface area contributed by atoms with Crippen LogP contribution >= 0.6 is 0 Å². The van der Waals surface area contributed by atoms with Gasteiger partial charge < -0.3 is 23.8 Å². The second-order valence-electron chi connectivity index (χ2n) is 16.6. The lowest BCUT2D eigenvalue weighted by atomic mass is 9.87. The van der Waals surface area contributed by atoms with Crippen molar-refractivity contribution in [3.63, 3.8) is 0 Å². The smallest absolute Gasteiger partial charge is 0.309 e. The Bertz CT molecular complexity index is 1350. The third-order valence-corrected chi connectivity index (χ3v) is 10.8. The van der Waals surface area contributed by atoms with Crippen molar-refractivity contribution in [3.8, 4) is 0 Å². The van der Waals surface area contributed by atoms with Crippen LogP contribution < -0.4 is 0 Å². The van der Waals surface area contributed by atoms with Gasteiger partial charge in [-0.3, -0.25) is 19.2 Å². The zero-order chi connectivity index (χ0) is 42.5. The molecule has 0 aromatic carbocycles. The van der Waals surface area contributed by atoms with Gasteiger partial charge in [0, 0.05) is 13.1 Å². The summed E-state index contributed by atoms with van der Waals surface area (Å²) in [5.74, 6) is -1.49. The van der Waals surface area contributed by atoms with Crippen molar-refractivity contribution >= 4 is 23.9 Å². The fourth-order valence-corrected chi connectivity index (χ4v) is 7.17. The van der Waals surface area contributed by atoms with Gasteiger partial charge in [-0.25, -0.2) is 0 Å². The summed E-state index contributed by atoms with van der Waals surface area (Å²) in [5.41, 5.74) is 8.41. The first-order valence-corrected chi connectivity index (χ1v) is 22.2. The number of ether oxygens (including phenoxy) is 4. The fourth-order valence-electron chi connectivity index (χ4n) is 7.17. The van der Waals surface area contributed by atoms with Crippen LogP contribution in [0.2, 0.25) is 0 Å². The molecule has 2 aliphatic carbocycles. The average molecular weight is 808 g/mol. The largest absolute Gasteiger partial charge is 0.462 e. The molecule has 0 radical (unpaired) electrons. The summed E-state index contributed by atoms with van der Waals surface area (Å²) in [6.45, 7) is 16.7. The molecule has 0 aliphatic heterocycles. The zero-order valence-electron chi connectivity index (χ0n) is 37.3. The maximum Gasteiger partial charge on any atom is 0.309 e. The maximum absolute atomic E-state index is 12.6. The van der Waals surface area contributed by atoms with Gasteiger partial charge in [-0.05, 0) is 144 Å². The number of rotatable bonds is 28. The van der Waals surface area contributed by atoms with E-state index in [0.29, 0.717) is 25.9 Å². The van der Waals surface area contributed by atoms with Crippen LogP contribution in [0.1, 0.15) is 158 Å². The van der Waals surface area contributed by atoms with Crippen molar-refractivity contribution in [2.24, 2.45) is 11.8 Å². The Morgan fingerprint density at radius 2 is 0.983 bits per heavy atom.